The second-order valence-electron chi connectivity index (χ2n) is 5.23. The van der Waals surface area contributed by atoms with E-state index in [0.717, 1.165) is 0 Å². The van der Waals surface area contributed by atoms with Crippen LogP contribution in [0.15, 0.2) is 18.1 Å². The maximum Gasteiger partial charge on any atom is 0.254 e. The normalized spacial score (nSPS) is 71.7. The van der Waals surface area contributed by atoms with Gasteiger partial charge in [0, 0.05) is 49.7 Å². The van der Waals surface area contributed by atoms with Gasteiger partial charge in [-0.25, -0.2) is 0 Å². The standard InChI is InChI=1S/C19H24N2O/c22-19-16-6-2-4-14-3-1-5-15(18(14)16)11-21(19)17-12-20-9-7-13(17)8-10-20/h2,4,6,13,15,17H,1,3,5,7-12H2/t15-,17-/m1/s1/i1D2,2D,3D2,4D,5D2,6D,7D2,9D2,11D2,12D2,13D,15D/t13-,15+,17+/m0. The van der Waals surface area contributed by atoms with Crippen LogP contribution in [0.5, 0.6) is 0 Å². The van der Waals surface area contributed by atoms with Gasteiger partial charge in [0.1, 0.15) is 0 Å². The maximum absolute atomic E-state index is 14.2. The Morgan fingerprint density at radius 3 is 3.23 bits per heavy atom. The topological polar surface area (TPSA) is 23.6 Å². The van der Waals surface area contributed by atoms with Crippen LogP contribution >= 0.6 is 0 Å². The quantitative estimate of drug-likeness (QED) is 0.795. The van der Waals surface area contributed by atoms with Gasteiger partial charge in [-0.2, -0.15) is 0 Å². The van der Waals surface area contributed by atoms with E-state index in [2.05, 4.69) is 0 Å². The molecular formula is C19H24N2O. The monoisotopic (exact) mass is 315 g/mol. The third-order valence-electron chi connectivity index (χ3n) is 3.99. The highest BCUT2D eigenvalue weighted by atomic mass is 16.2. The Balaban J connectivity index is 1.96. The van der Waals surface area contributed by atoms with E-state index in [1.807, 2.05) is 0 Å². The van der Waals surface area contributed by atoms with Crippen molar-refractivity contribution in [2.45, 2.75) is 43.8 Å². The maximum atomic E-state index is 14.2. The van der Waals surface area contributed by atoms with E-state index in [1.165, 1.54) is 0 Å². The van der Waals surface area contributed by atoms with Gasteiger partial charge in [-0.15, -0.1) is 0 Å². The Hall–Kier alpha value is -1.35. The van der Waals surface area contributed by atoms with Crippen molar-refractivity contribution in [3.63, 3.8) is 0 Å². The van der Waals surface area contributed by atoms with Gasteiger partial charge in [0.25, 0.3) is 5.91 Å². The molecule has 4 atom stereocenters. The predicted octanol–water partition coefficient (Wildman–Crippen LogP) is 2.66. The Bertz CT molecular complexity index is 1410. The lowest BCUT2D eigenvalue weighted by molar-refractivity contribution is 0.00258. The fourth-order valence-electron chi connectivity index (χ4n) is 2.92. The molecule has 4 aliphatic heterocycles. The van der Waals surface area contributed by atoms with Crippen LogP contribution in [-0.2, 0) is 6.37 Å². The molecule has 116 valence electrons. The highest BCUT2D eigenvalue weighted by Crippen LogP contribution is 2.41. The zero-order valence-electron chi connectivity index (χ0n) is 30.3. The van der Waals surface area contributed by atoms with E-state index in [-0.39, 0.29) is 4.90 Å². The molecule has 2 bridgehead atoms. The summed E-state index contributed by atoms with van der Waals surface area (Å²) in [5, 5.41) is 0. The van der Waals surface area contributed by atoms with Crippen LogP contribution in [0.1, 0.15) is 79.0 Å². The van der Waals surface area contributed by atoms with Gasteiger partial charge in [0.15, 0.2) is 0 Å². The molecule has 0 spiro atoms. The number of rotatable bonds is 1. The van der Waals surface area contributed by atoms with Crippen molar-refractivity contribution < 1.29 is 30.8 Å². The molecule has 5 aliphatic rings. The van der Waals surface area contributed by atoms with E-state index in [0.29, 0.717) is 4.90 Å². The largest absolute Gasteiger partial charge is 0.333 e. The van der Waals surface area contributed by atoms with Crippen molar-refractivity contribution in [2.24, 2.45) is 5.89 Å². The Labute approximate surface area is 159 Å². The molecule has 0 radical (unpaired) electrons. The molecule has 0 aromatic heterocycles. The molecule has 1 aliphatic carbocycles. The molecule has 6 rings (SSSR count). The zero-order valence-corrected chi connectivity index (χ0v) is 11.3. The molecule has 22 heavy (non-hydrogen) atoms. The summed E-state index contributed by atoms with van der Waals surface area (Å²) in [5.74, 6) is -8.45. The molecule has 1 unspecified atom stereocenters. The van der Waals surface area contributed by atoms with Crippen molar-refractivity contribution in [2.75, 3.05) is 26.0 Å². The number of fused-ring (bicyclic) bond motifs is 3. The van der Waals surface area contributed by atoms with Gasteiger partial charge in [0.2, 0.25) is 0 Å². The number of amides is 1. The summed E-state index contributed by atoms with van der Waals surface area (Å²) in [6, 6.07) is -6.09. The first kappa shape index (κ1) is 4.18. The summed E-state index contributed by atoms with van der Waals surface area (Å²) >= 11 is 0. The van der Waals surface area contributed by atoms with Gasteiger partial charge in [-0.05, 0) is 68.0 Å². The van der Waals surface area contributed by atoms with Gasteiger partial charge in [-0.3, -0.25) is 4.79 Å². The summed E-state index contributed by atoms with van der Waals surface area (Å²) in [5.41, 5.74) is -3.56. The van der Waals surface area contributed by atoms with Crippen LogP contribution in [-0.4, -0.2) is 47.8 Å². The van der Waals surface area contributed by atoms with Crippen molar-refractivity contribution in [3.05, 3.63) is 34.8 Å². The van der Waals surface area contributed by atoms with Crippen molar-refractivity contribution >= 4 is 5.91 Å². The summed E-state index contributed by atoms with van der Waals surface area (Å²) < 4.78 is 163. The summed E-state index contributed by atoms with van der Waals surface area (Å²) in [6.07, 6.45) is -15.2. The Morgan fingerprint density at radius 2 is 2.27 bits per heavy atom. The summed E-state index contributed by atoms with van der Waals surface area (Å²) in [6.45, 7) is -10.8. The number of hydrogen-bond donors (Lipinski definition) is 0. The van der Waals surface area contributed by atoms with Crippen LogP contribution in [0, 0.1) is 5.89 Å². The van der Waals surface area contributed by atoms with E-state index < -0.39 is 117 Å². The van der Waals surface area contributed by atoms with Gasteiger partial charge >= 0.3 is 0 Å². The van der Waals surface area contributed by atoms with Crippen LogP contribution in [0.2, 0.25) is 0 Å². The molecule has 4 heterocycles. The average Bonchev–Trinajstić information content (AvgIpc) is 2.80. The summed E-state index contributed by atoms with van der Waals surface area (Å²) in [7, 11) is 0. The van der Waals surface area contributed by atoms with Crippen molar-refractivity contribution in [3.8, 4) is 0 Å². The van der Waals surface area contributed by atoms with Crippen LogP contribution in [0.4, 0.5) is 0 Å². The number of benzene rings is 1. The van der Waals surface area contributed by atoms with Gasteiger partial charge in [0.05, 0.1) is 6.85 Å². The lowest BCUT2D eigenvalue weighted by Crippen LogP contribution is -2.60. The minimum absolute atomic E-state index is 0.145. The third kappa shape index (κ3) is 1.81. The molecule has 0 saturated carbocycles. The highest BCUT2D eigenvalue weighted by Gasteiger charge is 2.43. The molecule has 3 fully saturated rings. The fraction of sp³-hybridized carbons (Fsp3) is 0.632. The second-order valence-corrected chi connectivity index (χ2v) is 5.23. The Morgan fingerprint density at radius 1 is 1.32 bits per heavy atom. The van der Waals surface area contributed by atoms with Crippen molar-refractivity contribution in [1.29, 1.82) is 0 Å². The molecule has 1 aromatic rings. The molecule has 1 aromatic carbocycles. The minimum atomic E-state index is -3.93. The molecule has 1 amide bonds. The molecule has 3 saturated heterocycles. The summed E-state index contributed by atoms with van der Waals surface area (Å²) in [4.78, 5) is 14.4. The van der Waals surface area contributed by atoms with Crippen LogP contribution in [0.25, 0.3) is 0 Å². The second kappa shape index (κ2) is 4.82. The number of hydrogen-bond acceptors (Lipinski definition) is 2. The smallest absolute Gasteiger partial charge is 0.254 e. The first-order valence-electron chi connectivity index (χ1n) is 16.4. The number of piperidine rings is 3. The molecule has 3 nitrogen and oxygen atoms in total. The molecule has 0 N–H and O–H groups in total. The Kier molecular flexibility index (Phi) is 0.917. The molecular weight excluding hydrogens is 272 g/mol. The van der Waals surface area contributed by atoms with Gasteiger partial charge < -0.3 is 9.80 Å². The fourth-order valence-corrected chi connectivity index (χ4v) is 2.92. The number of carbonyl (C=O) groups excluding carboxylic acids is 1. The number of carbonyl (C=O) groups is 1. The van der Waals surface area contributed by atoms with Crippen LogP contribution in [0.3, 0.4) is 0 Å². The lowest BCUT2D eigenvalue weighted by Gasteiger charge is -2.51. The van der Waals surface area contributed by atoms with Crippen LogP contribution < -0.4 is 0 Å². The average molecular weight is 316 g/mol. The van der Waals surface area contributed by atoms with E-state index in [9.17, 15) is 6.17 Å². The first-order chi connectivity index (χ1) is 18.1. The number of nitrogens with zero attached hydrogens (tertiary/aromatic N) is 2. The predicted molar refractivity (Wildman–Crippen MR) is 86.1 cm³/mol. The lowest BCUT2D eigenvalue weighted by atomic mass is 9.75. The van der Waals surface area contributed by atoms with E-state index in [4.69, 9.17) is 24.7 Å². The van der Waals surface area contributed by atoms with Crippen molar-refractivity contribution in [1.82, 2.24) is 9.80 Å². The SMILES string of the molecule is [2H]c1c([2H])c2c3c(c1[2H])C([2H])([2H])C([2H])([2H])C([2H])([2H])[C@]3([2H])C([2H])([2H])N([C@@H]1C([2H])([2H])N3CC[C@]1([2H])C([2H])([2H])C3([2H])[2H])C2=O. The highest BCUT2D eigenvalue weighted by molar-refractivity contribution is 5.97. The first-order valence-corrected chi connectivity index (χ1v) is 6.85. The van der Waals surface area contributed by atoms with E-state index in [1.54, 1.807) is 0 Å². The molecule has 3 heteroatoms. The minimum Gasteiger partial charge on any atom is -0.333 e. The zero-order chi connectivity index (χ0) is 31.7. The van der Waals surface area contributed by atoms with Gasteiger partial charge in [-0.1, -0.05) is 12.1 Å². The van der Waals surface area contributed by atoms with E-state index >= 15 is 0 Å². The third-order valence-corrected chi connectivity index (χ3v) is 3.99.